The lowest BCUT2D eigenvalue weighted by atomic mass is 10.2. The fraction of sp³-hybridized carbons (Fsp3) is 0.125. The third-order valence-corrected chi connectivity index (χ3v) is 1.82. The Bertz CT molecular complexity index is 546. The summed E-state index contributed by atoms with van der Waals surface area (Å²) in [6, 6.07) is 2.06. The molecule has 0 aromatic carbocycles. The lowest BCUT2D eigenvalue weighted by Gasteiger charge is -1.94. The molecule has 2 aromatic heterocycles. The average Bonchev–Trinajstić information content (AvgIpc) is 2.83. The highest BCUT2D eigenvalue weighted by molar-refractivity contribution is 5.59. The van der Waals surface area contributed by atoms with Crippen LogP contribution in [0.5, 0.6) is 0 Å². The number of hydrogen-bond acceptors (Lipinski definition) is 6. The summed E-state index contributed by atoms with van der Waals surface area (Å²) in [5, 5.41) is 16.4. The first kappa shape index (κ1) is 9.08. The van der Waals surface area contributed by atoms with Crippen LogP contribution in [-0.2, 0) is 7.05 Å². The molecule has 74 valence electrons. The fourth-order valence-electron chi connectivity index (χ4n) is 1.16. The Morgan fingerprint density at radius 2 is 2.47 bits per heavy atom. The standard InChI is InChI=1S/C8H6N6O/c1-10-8-12-7(13-15-8)6-5(3-9)4-11-14(6)2/h4H,1H2,2H3. The predicted octanol–water partition coefficient (Wildman–Crippen LogP) is 0.674. The zero-order valence-electron chi connectivity index (χ0n) is 7.88. The van der Waals surface area contributed by atoms with Gasteiger partial charge in [0.25, 0.3) is 0 Å². The molecule has 0 spiro atoms. The molecule has 0 aliphatic rings. The molecule has 0 atom stereocenters. The van der Waals surface area contributed by atoms with Gasteiger partial charge >= 0.3 is 6.01 Å². The summed E-state index contributed by atoms with van der Waals surface area (Å²) in [6.45, 7) is 3.26. The van der Waals surface area contributed by atoms with E-state index in [4.69, 9.17) is 9.78 Å². The van der Waals surface area contributed by atoms with Gasteiger partial charge in [-0.05, 0) is 6.72 Å². The SMILES string of the molecule is C=Nc1nc(-c2c(C#N)cnn2C)no1. The van der Waals surface area contributed by atoms with Gasteiger partial charge in [-0.2, -0.15) is 15.3 Å². The van der Waals surface area contributed by atoms with E-state index in [1.54, 1.807) is 7.05 Å². The summed E-state index contributed by atoms with van der Waals surface area (Å²) < 4.78 is 6.25. The molecule has 0 radical (unpaired) electrons. The van der Waals surface area contributed by atoms with Crippen LogP contribution in [0.3, 0.4) is 0 Å². The van der Waals surface area contributed by atoms with E-state index in [9.17, 15) is 0 Å². The normalized spacial score (nSPS) is 9.87. The largest absolute Gasteiger partial charge is 0.347 e. The minimum Gasteiger partial charge on any atom is -0.313 e. The van der Waals surface area contributed by atoms with Gasteiger partial charge in [0.15, 0.2) is 0 Å². The van der Waals surface area contributed by atoms with Crippen molar-refractivity contribution in [1.82, 2.24) is 19.9 Å². The van der Waals surface area contributed by atoms with Gasteiger partial charge in [-0.3, -0.25) is 4.68 Å². The van der Waals surface area contributed by atoms with Gasteiger partial charge in [-0.25, -0.2) is 4.99 Å². The fourth-order valence-corrected chi connectivity index (χ4v) is 1.16. The van der Waals surface area contributed by atoms with Crippen molar-refractivity contribution in [1.29, 1.82) is 5.26 Å². The second-order valence-electron chi connectivity index (χ2n) is 2.70. The van der Waals surface area contributed by atoms with Crippen molar-refractivity contribution in [3.63, 3.8) is 0 Å². The van der Waals surface area contributed by atoms with Gasteiger partial charge in [0.2, 0.25) is 5.82 Å². The van der Waals surface area contributed by atoms with Crippen LogP contribution in [0.1, 0.15) is 5.56 Å². The molecule has 7 nitrogen and oxygen atoms in total. The lowest BCUT2D eigenvalue weighted by Crippen LogP contribution is -1.95. The van der Waals surface area contributed by atoms with Crippen molar-refractivity contribution >= 4 is 12.7 Å². The van der Waals surface area contributed by atoms with E-state index >= 15 is 0 Å². The summed E-state index contributed by atoms with van der Waals surface area (Å²) in [4.78, 5) is 7.41. The summed E-state index contributed by atoms with van der Waals surface area (Å²) in [7, 11) is 1.69. The van der Waals surface area contributed by atoms with Crippen LogP contribution in [0.4, 0.5) is 6.01 Å². The summed E-state index contributed by atoms with van der Waals surface area (Å²) in [6.07, 6.45) is 1.44. The van der Waals surface area contributed by atoms with Crippen LogP contribution in [0, 0.1) is 11.3 Å². The Labute approximate surface area is 84.7 Å². The maximum atomic E-state index is 8.83. The molecule has 2 aromatic rings. The molecule has 2 rings (SSSR count). The Morgan fingerprint density at radius 3 is 3.07 bits per heavy atom. The quantitative estimate of drug-likeness (QED) is 0.667. The second kappa shape index (κ2) is 3.34. The monoisotopic (exact) mass is 202 g/mol. The smallest absolute Gasteiger partial charge is 0.313 e. The number of nitrogens with zero attached hydrogens (tertiary/aromatic N) is 6. The highest BCUT2D eigenvalue weighted by Crippen LogP contribution is 2.21. The molecule has 7 heteroatoms. The van der Waals surface area contributed by atoms with Gasteiger partial charge in [0.05, 0.1) is 6.20 Å². The maximum Gasteiger partial charge on any atom is 0.347 e. The van der Waals surface area contributed by atoms with Gasteiger partial charge in [-0.1, -0.05) is 5.16 Å². The second-order valence-corrected chi connectivity index (χ2v) is 2.70. The van der Waals surface area contributed by atoms with E-state index in [0.29, 0.717) is 11.3 Å². The number of nitriles is 1. The zero-order chi connectivity index (χ0) is 10.8. The number of aliphatic imine (C=N–C) groups is 1. The molecule has 0 N–H and O–H groups in total. The molecule has 0 unspecified atom stereocenters. The lowest BCUT2D eigenvalue weighted by molar-refractivity contribution is 0.430. The van der Waals surface area contributed by atoms with Crippen molar-refractivity contribution in [2.24, 2.45) is 12.0 Å². The molecular weight excluding hydrogens is 196 g/mol. The zero-order valence-corrected chi connectivity index (χ0v) is 7.88. The topological polar surface area (TPSA) is 92.9 Å². The Morgan fingerprint density at radius 1 is 1.67 bits per heavy atom. The van der Waals surface area contributed by atoms with E-state index in [1.165, 1.54) is 10.9 Å². The Kier molecular flexibility index (Phi) is 2.02. The third kappa shape index (κ3) is 1.38. The van der Waals surface area contributed by atoms with Crippen LogP contribution in [0.15, 0.2) is 15.7 Å². The number of rotatable bonds is 2. The minimum absolute atomic E-state index is 0.0649. The van der Waals surface area contributed by atoms with E-state index in [2.05, 4.69) is 26.9 Å². The van der Waals surface area contributed by atoms with Crippen molar-refractivity contribution in [3.8, 4) is 17.6 Å². The third-order valence-electron chi connectivity index (χ3n) is 1.82. The molecular formula is C8H6N6O. The van der Waals surface area contributed by atoms with Crippen molar-refractivity contribution < 1.29 is 4.52 Å². The number of hydrogen-bond donors (Lipinski definition) is 0. The molecule has 0 saturated carbocycles. The summed E-state index contributed by atoms with van der Waals surface area (Å²) in [5.74, 6) is 0.272. The van der Waals surface area contributed by atoms with Gasteiger partial charge in [-0.15, -0.1) is 0 Å². The molecule has 0 amide bonds. The average molecular weight is 202 g/mol. The summed E-state index contributed by atoms with van der Waals surface area (Å²) in [5.41, 5.74) is 0.880. The first-order valence-electron chi connectivity index (χ1n) is 3.99. The van der Waals surface area contributed by atoms with Gasteiger partial charge < -0.3 is 4.52 Å². The molecule has 2 heterocycles. The number of aryl methyl sites for hydroxylation is 1. The van der Waals surface area contributed by atoms with E-state index in [0.717, 1.165) is 0 Å². The first-order valence-corrected chi connectivity index (χ1v) is 3.99. The molecule has 0 fully saturated rings. The number of aromatic nitrogens is 4. The van der Waals surface area contributed by atoms with Gasteiger partial charge in [0, 0.05) is 7.05 Å². The molecule has 0 aliphatic carbocycles. The van der Waals surface area contributed by atoms with Crippen LogP contribution >= 0.6 is 0 Å². The van der Waals surface area contributed by atoms with E-state index < -0.39 is 0 Å². The highest BCUT2D eigenvalue weighted by atomic mass is 16.5. The van der Waals surface area contributed by atoms with Crippen molar-refractivity contribution in [2.75, 3.05) is 0 Å². The Balaban J connectivity index is 2.58. The van der Waals surface area contributed by atoms with E-state index in [-0.39, 0.29) is 11.8 Å². The highest BCUT2D eigenvalue weighted by Gasteiger charge is 2.16. The maximum absolute atomic E-state index is 8.83. The van der Waals surface area contributed by atoms with E-state index in [1.807, 2.05) is 6.07 Å². The van der Waals surface area contributed by atoms with Crippen molar-refractivity contribution in [2.45, 2.75) is 0 Å². The van der Waals surface area contributed by atoms with Crippen LogP contribution in [0.2, 0.25) is 0 Å². The first-order chi connectivity index (χ1) is 7.26. The van der Waals surface area contributed by atoms with Crippen molar-refractivity contribution in [3.05, 3.63) is 11.8 Å². The van der Waals surface area contributed by atoms with Crippen LogP contribution in [0.25, 0.3) is 11.5 Å². The molecule has 0 bridgehead atoms. The summed E-state index contributed by atoms with van der Waals surface area (Å²) >= 11 is 0. The minimum atomic E-state index is 0.0649. The van der Waals surface area contributed by atoms with Crippen LogP contribution < -0.4 is 0 Å². The van der Waals surface area contributed by atoms with Crippen LogP contribution in [-0.4, -0.2) is 26.6 Å². The Hall–Kier alpha value is -2.49. The molecule has 0 aliphatic heterocycles. The molecule has 0 saturated heterocycles. The molecule has 15 heavy (non-hydrogen) atoms. The van der Waals surface area contributed by atoms with Gasteiger partial charge in [0.1, 0.15) is 17.3 Å². The predicted molar refractivity (Wildman–Crippen MR) is 50.4 cm³/mol.